The van der Waals surface area contributed by atoms with Crippen molar-refractivity contribution in [2.24, 2.45) is 0 Å². The normalized spacial score (nSPS) is 14.9. The van der Waals surface area contributed by atoms with Crippen molar-refractivity contribution in [2.75, 3.05) is 33.4 Å². The van der Waals surface area contributed by atoms with Crippen molar-refractivity contribution in [1.29, 1.82) is 0 Å². The number of carbonyl (C=O) groups excluding carboxylic acids is 3. The van der Waals surface area contributed by atoms with Gasteiger partial charge in [0.2, 0.25) is 0 Å². The molecule has 0 N–H and O–H groups in total. The molecule has 1 fully saturated rings. The third kappa shape index (κ3) is 4.54. The second kappa shape index (κ2) is 6.51. The molecule has 0 unspecified atom stereocenters. The molecule has 94 valence electrons. The Hall–Kier alpha value is -2.05. The van der Waals surface area contributed by atoms with Gasteiger partial charge in [-0.25, -0.2) is 14.4 Å². The van der Waals surface area contributed by atoms with Crippen LogP contribution in [0.25, 0.3) is 0 Å². The Labute approximate surface area is 97.9 Å². The van der Waals surface area contributed by atoms with Crippen LogP contribution >= 0.6 is 0 Å². The fourth-order valence-corrected chi connectivity index (χ4v) is 1.14. The Kier molecular flexibility index (Phi) is 4.99. The molecule has 1 heterocycles. The van der Waals surface area contributed by atoms with Gasteiger partial charge in [-0.3, -0.25) is 0 Å². The lowest BCUT2D eigenvalue weighted by atomic mass is 10.5. The summed E-state index contributed by atoms with van der Waals surface area (Å²) in [7, 11) is 1.21. The van der Waals surface area contributed by atoms with Gasteiger partial charge in [-0.05, 0) is 0 Å². The van der Waals surface area contributed by atoms with Crippen molar-refractivity contribution in [3.8, 4) is 0 Å². The van der Waals surface area contributed by atoms with Crippen LogP contribution in [0, 0.1) is 0 Å². The van der Waals surface area contributed by atoms with E-state index in [2.05, 4.69) is 9.47 Å². The maximum absolute atomic E-state index is 11.1. The van der Waals surface area contributed by atoms with Crippen LogP contribution in [0.15, 0.2) is 12.2 Å². The minimum atomic E-state index is -0.664. The summed E-state index contributed by atoms with van der Waals surface area (Å²) in [6.45, 7) is 1.18. The lowest BCUT2D eigenvalue weighted by Gasteiger charge is -2.11. The second-order valence-corrected chi connectivity index (χ2v) is 3.13. The topological polar surface area (TPSA) is 82.1 Å². The molecule has 0 bridgehead atoms. The molecule has 1 aliphatic rings. The fraction of sp³-hybridized carbons (Fsp3) is 0.500. The van der Waals surface area contributed by atoms with E-state index in [-0.39, 0.29) is 13.2 Å². The van der Waals surface area contributed by atoms with E-state index in [0.29, 0.717) is 13.2 Å². The Bertz CT molecular complexity index is 338. The summed E-state index contributed by atoms with van der Waals surface area (Å²) >= 11 is 0. The Morgan fingerprint density at radius 3 is 2.71 bits per heavy atom. The molecular weight excluding hydrogens is 230 g/mol. The van der Waals surface area contributed by atoms with Gasteiger partial charge in [0.05, 0.1) is 20.2 Å². The average molecular weight is 243 g/mol. The minimum absolute atomic E-state index is 0.0550. The molecule has 17 heavy (non-hydrogen) atoms. The van der Waals surface area contributed by atoms with E-state index in [0.717, 1.165) is 12.2 Å². The molecule has 1 saturated heterocycles. The molecule has 1 aliphatic heterocycles. The lowest BCUT2D eigenvalue weighted by molar-refractivity contribution is -0.139. The van der Waals surface area contributed by atoms with E-state index >= 15 is 0 Å². The van der Waals surface area contributed by atoms with E-state index < -0.39 is 18.0 Å². The van der Waals surface area contributed by atoms with E-state index in [9.17, 15) is 14.4 Å². The number of amides is 1. The quantitative estimate of drug-likeness (QED) is 0.375. The van der Waals surface area contributed by atoms with Crippen LogP contribution in [0.1, 0.15) is 0 Å². The number of carbonyl (C=O) groups is 3. The second-order valence-electron chi connectivity index (χ2n) is 3.13. The molecule has 0 saturated carbocycles. The summed E-state index contributed by atoms with van der Waals surface area (Å²) < 4.78 is 13.7. The van der Waals surface area contributed by atoms with Gasteiger partial charge >= 0.3 is 18.0 Å². The highest BCUT2D eigenvalue weighted by molar-refractivity contribution is 5.91. The third-order valence-electron chi connectivity index (χ3n) is 2.01. The van der Waals surface area contributed by atoms with Crippen molar-refractivity contribution in [3.63, 3.8) is 0 Å². The summed E-state index contributed by atoms with van der Waals surface area (Å²) in [5.74, 6) is -1.30. The van der Waals surface area contributed by atoms with Crippen LogP contribution in [0.2, 0.25) is 0 Å². The third-order valence-corrected chi connectivity index (χ3v) is 2.01. The average Bonchev–Trinajstić information content (AvgIpc) is 2.72. The predicted octanol–water partition coefficient (Wildman–Crippen LogP) is -0.289. The molecule has 0 aromatic heterocycles. The molecule has 0 aromatic carbocycles. The fourth-order valence-electron chi connectivity index (χ4n) is 1.14. The highest BCUT2D eigenvalue weighted by atomic mass is 16.6. The van der Waals surface area contributed by atoms with Crippen molar-refractivity contribution in [1.82, 2.24) is 4.90 Å². The number of hydrogen-bond donors (Lipinski definition) is 0. The maximum atomic E-state index is 11.1. The molecular formula is C10H13NO6. The molecule has 0 aromatic rings. The molecule has 0 radical (unpaired) electrons. The Balaban J connectivity index is 2.18. The Morgan fingerprint density at radius 2 is 2.12 bits per heavy atom. The number of hydrogen-bond acceptors (Lipinski definition) is 6. The zero-order chi connectivity index (χ0) is 12.7. The van der Waals surface area contributed by atoms with Crippen LogP contribution < -0.4 is 0 Å². The van der Waals surface area contributed by atoms with Gasteiger partial charge in [0.25, 0.3) is 0 Å². The van der Waals surface area contributed by atoms with Crippen molar-refractivity contribution >= 4 is 18.0 Å². The molecule has 0 aliphatic carbocycles. The van der Waals surface area contributed by atoms with Gasteiger partial charge in [0.1, 0.15) is 13.2 Å². The minimum Gasteiger partial charge on any atom is -0.466 e. The standard InChI is InChI=1S/C10H13NO6/c1-15-8(12)2-3-9(13)16-6-4-11-5-7-17-10(11)14/h2-3H,4-7H2,1H3. The first-order valence-electron chi connectivity index (χ1n) is 4.98. The summed E-state index contributed by atoms with van der Waals surface area (Å²) in [4.78, 5) is 34.1. The molecule has 0 atom stereocenters. The monoisotopic (exact) mass is 243 g/mol. The van der Waals surface area contributed by atoms with Crippen molar-refractivity contribution in [3.05, 3.63) is 12.2 Å². The molecule has 0 spiro atoms. The first kappa shape index (κ1) is 13.0. The summed E-state index contributed by atoms with van der Waals surface area (Å²) in [6, 6.07) is 0. The van der Waals surface area contributed by atoms with E-state index in [1.54, 1.807) is 0 Å². The van der Waals surface area contributed by atoms with Crippen molar-refractivity contribution in [2.45, 2.75) is 0 Å². The van der Waals surface area contributed by atoms with Crippen LogP contribution in [-0.4, -0.2) is 56.3 Å². The molecule has 1 rings (SSSR count). The van der Waals surface area contributed by atoms with Crippen molar-refractivity contribution < 1.29 is 28.6 Å². The molecule has 7 heteroatoms. The van der Waals surface area contributed by atoms with E-state index in [4.69, 9.17) is 4.74 Å². The van der Waals surface area contributed by atoms with Gasteiger partial charge < -0.3 is 19.1 Å². The first-order valence-corrected chi connectivity index (χ1v) is 4.98. The highest BCUT2D eigenvalue weighted by Gasteiger charge is 2.21. The largest absolute Gasteiger partial charge is 0.466 e. The molecule has 1 amide bonds. The smallest absolute Gasteiger partial charge is 0.410 e. The zero-order valence-electron chi connectivity index (χ0n) is 9.38. The van der Waals surface area contributed by atoms with Gasteiger partial charge in [-0.2, -0.15) is 0 Å². The zero-order valence-corrected chi connectivity index (χ0v) is 9.38. The maximum Gasteiger partial charge on any atom is 0.410 e. The summed E-state index contributed by atoms with van der Waals surface area (Å²) in [5.41, 5.74) is 0. The number of nitrogens with zero attached hydrogens (tertiary/aromatic N) is 1. The van der Waals surface area contributed by atoms with Crippen LogP contribution in [0.3, 0.4) is 0 Å². The predicted molar refractivity (Wildman–Crippen MR) is 55.0 cm³/mol. The van der Waals surface area contributed by atoms with Crippen LogP contribution in [0.4, 0.5) is 4.79 Å². The van der Waals surface area contributed by atoms with E-state index in [1.807, 2.05) is 0 Å². The number of cyclic esters (lactones) is 1. The Morgan fingerprint density at radius 1 is 1.41 bits per heavy atom. The number of methoxy groups -OCH3 is 1. The van der Waals surface area contributed by atoms with Crippen LogP contribution in [0.5, 0.6) is 0 Å². The number of ether oxygens (including phenoxy) is 3. The first-order chi connectivity index (χ1) is 8.13. The summed E-state index contributed by atoms with van der Waals surface area (Å²) in [5, 5.41) is 0. The highest BCUT2D eigenvalue weighted by Crippen LogP contribution is 2.01. The van der Waals surface area contributed by atoms with Gasteiger partial charge in [0, 0.05) is 12.2 Å². The lowest BCUT2D eigenvalue weighted by Crippen LogP contribution is -2.28. The van der Waals surface area contributed by atoms with E-state index in [1.165, 1.54) is 12.0 Å². The summed E-state index contributed by atoms with van der Waals surface area (Å²) in [6.07, 6.45) is 1.52. The van der Waals surface area contributed by atoms with Gasteiger partial charge in [-0.1, -0.05) is 0 Å². The van der Waals surface area contributed by atoms with Crippen LogP contribution in [-0.2, 0) is 23.8 Å². The number of rotatable bonds is 5. The van der Waals surface area contributed by atoms with Gasteiger partial charge in [-0.15, -0.1) is 0 Å². The van der Waals surface area contributed by atoms with Gasteiger partial charge in [0.15, 0.2) is 0 Å². The molecule has 7 nitrogen and oxygen atoms in total. The number of esters is 2. The SMILES string of the molecule is COC(=O)C=CC(=O)OCCN1CCOC1=O.